The van der Waals surface area contributed by atoms with E-state index in [-0.39, 0.29) is 11.2 Å². The zero-order valence-corrected chi connectivity index (χ0v) is 8.01. The third kappa shape index (κ3) is 0.716. The van der Waals surface area contributed by atoms with Crippen LogP contribution in [0.25, 0.3) is 0 Å². The highest BCUT2D eigenvalue weighted by atomic mass is 16.5. The molecule has 5 nitrogen and oxygen atoms in total. The molecule has 1 aromatic heterocycles. The van der Waals surface area contributed by atoms with Crippen LogP contribution in [0, 0.1) is 0 Å². The summed E-state index contributed by atoms with van der Waals surface area (Å²) < 4.78 is 7.24. The third-order valence-corrected chi connectivity index (χ3v) is 3.43. The van der Waals surface area contributed by atoms with Crippen LogP contribution in [0.15, 0.2) is 29.0 Å². The van der Waals surface area contributed by atoms with Gasteiger partial charge in [0.15, 0.2) is 0 Å². The Balaban J connectivity index is 2.00. The lowest BCUT2D eigenvalue weighted by Crippen LogP contribution is -2.43. The Bertz CT molecular complexity index is 548. The quantitative estimate of drug-likeness (QED) is 0.599. The lowest BCUT2D eigenvalue weighted by molar-refractivity contribution is 0.207. The van der Waals surface area contributed by atoms with Gasteiger partial charge in [-0.3, -0.25) is 4.57 Å². The molecule has 0 saturated carbocycles. The lowest BCUT2D eigenvalue weighted by atomic mass is 10.0. The predicted octanol–water partition coefficient (Wildman–Crippen LogP) is 0.0774. The monoisotopic (exact) mass is 203 g/mol. The van der Waals surface area contributed by atoms with Gasteiger partial charge in [-0.2, -0.15) is 0 Å². The van der Waals surface area contributed by atoms with Crippen LogP contribution in [0.1, 0.15) is 6.42 Å². The van der Waals surface area contributed by atoms with Crippen LogP contribution in [-0.4, -0.2) is 21.7 Å². The number of hydrogen-bond donors (Lipinski definition) is 0. The number of hydrogen-bond acceptors (Lipinski definition) is 4. The van der Waals surface area contributed by atoms with Gasteiger partial charge in [0.25, 0.3) is 0 Å². The molecule has 0 amide bonds. The van der Waals surface area contributed by atoms with Crippen molar-refractivity contribution in [2.45, 2.75) is 18.5 Å². The molecule has 0 N–H and O–H groups in total. The van der Waals surface area contributed by atoms with E-state index >= 15 is 0 Å². The summed E-state index contributed by atoms with van der Waals surface area (Å²) in [6.45, 7) is 1.37. The molecule has 1 fully saturated rings. The van der Waals surface area contributed by atoms with Crippen molar-refractivity contribution in [1.82, 2.24) is 9.55 Å². The van der Waals surface area contributed by atoms with Crippen LogP contribution >= 0.6 is 0 Å². The van der Waals surface area contributed by atoms with E-state index in [0.717, 1.165) is 18.0 Å². The summed E-state index contributed by atoms with van der Waals surface area (Å²) in [5.74, 6) is 1.97. The third-order valence-electron chi connectivity index (χ3n) is 3.43. The fourth-order valence-corrected chi connectivity index (χ4v) is 2.74. The van der Waals surface area contributed by atoms with E-state index in [1.165, 1.54) is 0 Å². The number of rotatable bonds is 0. The van der Waals surface area contributed by atoms with Gasteiger partial charge < -0.3 is 9.64 Å². The molecule has 4 rings (SSSR count). The fraction of sp³-hybridized carbons (Fsp3) is 0.400. The minimum atomic E-state index is -0.168. The van der Waals surface area contributed by atoms with Crippen molar-refractivity contribution >= 4 is 5.82 Å². The summed E-state index contributed by atoms with van der Waals surface area (Å²) in [5, 5.41) is 0. The summed E-state index contributed by atoms with van der Waals surface area (Å²) in [6.07, 6.45) is 4.48. The Kier molecular flexibility index (Phi) is 1.04. The maximum absolute atomic E-state index is 11.6. The van der Waals surface area contributed by atoms with Crippen molar-refractivity contribution in [2.24, 2.45) is 0 Å². The Morgan fingerprint density at radius 1 is 1.53 bits per heavy atom. The second-order valence-corrected chi connectivity index (χ2v) is 4.33. The van der Waals surface area contributed by atoms with Crippen LogP contribution in [0.3, 0.4) is 0 Å². The van der Waals surface area contributed by atoms with Crippen LogP contribution in [0.4, 0.5) is 5.82 Å². The van der Waals surface area contributed by atoms with Gasteiger partial charge in [-0.05, 0) is 6.07 Å². The Labute approximate surface area is 85.6 Å². The van der Waals surface area contributed by atoms with Gasteiger partial charge in [-0.25, -0.2) is 9.78 Å². The van der Waals surface area contributed by atoms with Crippen LogP contribution in [-0.2, 0) is 11.3 Å². The van der Waals surface area contributed by atoms with Crippen molar-refractivity contribution in [3.63, 3.8) is 0 Å². The molecule has 1 atom stereocenters. The largest absolute Gasteiger partial charge is 0.494 e. The Morgan fingerprint density at radius 3 is 3.33 bits per heavy atom. The van der Waals surface area contributed by atoms with Crippen molar-refractivity contribution in [1.29, 1.82) is 0 Å². The highest BCUT2D eigenvalue weighted by Gasteiger charge is 2.53. The molecule has 0 radical (unpaired) electrons. The minimum Gasteiger partial charge on any atom is -0.494 e. The maximum Gasteiger partial charge on any atom is 0.349 e. The van der Waals surface area contributed by atoms with Crippen molar-refractivity contribution in [3.8, 4) is 0 Å². The molecule has 0 aromatic carbocycles. The molecule has 1 spiro atoms. The zero-order chi connectivity index (χ0) is 10.0. The van der Waals surface area contributed by atoms with E-state index in [1.54, 1.807) is 10.8 Å². The standard InChI is InChI=1S/C10H9N3O2/c14-9-11-2-1-8-12(9)5-10-3-7(15-6-10)4-13(8)10/h1-2,4H,3,5-6H2. The zero-order valence-electron chi connectivity index (χ0n) is 8.01. The first-order valence-electron chi connectivity index (χ1n) is 4.97. The smallest absolute Gasteiger partial charge is 0.349 e. The molecule has 3 aliphatic heterocycles. The number of fused-ring (bicyclic) bond motifs is 3. The molecule has 1 unspecified atom stereocenters. The summed E-state index contributed by atoms with van der Waals surface area (Å²) in [5.41, 5.74) is -0.206. The van der Waals surface area contributed by atoms with Crippen LogP contribution in [0.5, 0.6) is 0 Å². The van der Waals surface area contributed by atoms with Gasteiger partial charge in [0.1, 0.15) is 23.7 Å². The highest BCUT2D eigenvalue weighted by Crippen LogP contribution is 2.46. The molecule has 1 saturated heterocycles. The Morgan fingerprint density at radius 2 is 2.47 bits per heavy atom. The van der Waals surface area contributed by atoms with Gasteiger partial charge in [0.05, 0.1) is 6.54 Å². The molecule has 3 aliphatic rings. The van der Waals surface area contributed by atoms with Crippen LogP contribution in [0.2, 0.25) is 0 Å². The number of nitrogens with zero attached hydrogens (tertiary/aromatic N) is 3. The van der Waals surface area contributed by atoms with Gasteiger partial charge in [0, 0.05) is 18.8 Å². The van der Waals surface area contributed by atoms with E-state index < -0.39 is 0 Å². The molecule has 5 heteroatoms. The maximum atomic E-state index is 11.6. The first kappa shape index (κ1) is 7.50. The molecule has 15 heavy (non-hydrogen) atoms. The fourth-order valence-electron chi connectivity index (χ4n) is 2.74. The summed E-state index contributed by atoms with van der Waals surface area (Å²) >= 11 is 0. The summed E-state index contributed by atoms with van der Waals surface area (Å²) in [6, 6.07) is 1.88. The predicted molar refractivity (Wildman–Crippen MR) is 52.4 cm³/mol. The molecule has 76 valence electrons. The average molecular weight is 203 g/mol. The Hall–Kier alpha value is -1.78. The van der Waals surface area contributed by atoms with Gasteiger partial charge in [-0.15, -0.1) is 0 Å². The van der Waals surface area contributed by atoms with Crippen molar-refractivity contribution in [2.75, 3.05) is 11.5 Å². The van der Waals surface area contributed by atoms with Crippen molar-refractivity contribution < 1.29 is 4.74 Å². The SMILES string of the molecule is O=c1nccc2n1CC13COC(=CN21)C3. The van der Waals surface area contributed by atoms with Gasteiger partial charge in [0.2, 0.25) is 0 Å². The molecule has 0 aliphatic carbocycles. The molecule has 4 heterocycles. The molecule has 1 aromatic rings. The topological polar surface area (TPSA) is 47.4 Å². The number of anilines is 1. The number of aromatic nitrogens is 2. The van der Waals surface area contributed by atoms with E-state index in [9.17, 15) is 4.79 Å². The molecule has 2 bridgehead atoms. The second-order valence-electron chi connectivity index (χ2n) is 4.33. The van der Waals surface area contributed by atoms with Gasteiger partial charge >= 0.3 is 5.69 Å². The van der Waals surface area contributed by atoms with Crippen LogP contribution < -0.4 is 10.6 Å². The summed E-state index contributed by atoms with van der Waals surface area (Å²) in [7, 11) is 0. The highest BCUT2D eigenvalue weighted by molar-refractivity contribution is 5.55. The van der Waals surface area contributed by atoms with E-state index in [2.05, 4.69) is 9.88 Å². The van der Waals surface area contributed by atoms with E-state index in [4.69, 9.17) is 4.74 Å². The first-order chi connectivity index (χ1) is 7.28. The molecular formula is C10H9N3O2. The van der Waals surface area contributed by atoms with E-state index in [1.807, 2.05) is 12.3 Å². The molecular weight excluding hydrogens is 194 g/mol. The second kappa shape index (κ2) is 2.08. The first-order valence-corrected chi connectivity index (χ1v) is 4.97. The lowest BCUT2D eigenvalue weighted by Gasteiger charge is -2.28. The summed E-state index contributed by atoms with van der Waals surface area (Å²) in [4.78, 5) is 17.5. The number of ether oxygens (including phenoxy) is 1. The average Bonchev–Trinajstić information content (AvgIpc) is 2.85. The van der Waals surface area contributed by atoms with E-state index in [0.29, 0.717) is 13.2 Å². The van der Waals surface area contributed by atoms with Gasteiger partial charge in [-0.1, -0.05) is 0 Å². The normalized spacial score (nSPS) is 29.9. The van der Waals surface area contributed by atoms with Crippen molar-refractivity contribution in [3.05, 3.63) is 34.7 Å². The minimum absolute atomic E-state index is 0.0372.